The third kappa shape index (κ3) is 4.26. The molecule has 0 spiro atoms. The second kappa shape index (κ2) is 8.77. The number of methoxy groups -OCH3 is 1. The molecule has 0 amide bonds. The molecule has 7 nitrogen and oxygen atoms in total. The lowest BCUT2D eigenvalue weighted by atomic mass is 10.2. The first-order valence-corrected chi connectivity index (χ1v) is 8.73. The molecular formula is C18H14ClFN4O3S. The molecule has 3 rings (SSSR count). The van der Waals surface area contributed by atoms with Gasteiger partial charge < -0.3 is 9.47 Å². The van der Waals surface area contributed by atoms with Crippen molar-refractivity contribution in [3.05, 3.63) is 79.7 Å². The molecule has 0 unspecified atom stereocenters. The van der Waals surface area contributed by atoms with Crippen LogP contribution in [-0.4, -0.2) is 28.2 Å². The average molecular weight is 421 g/mol. The Bertz CT molecular complexity index is 1100. The summed E-state index contributed by atoms with van der Waals surface area (Å²) in [5.74, 6) is 0.237. The quantitative estimate of drug-likeness (QED) is 0.487. The number of nitrogens with zero attached hydrogens (tertiary/aromatic N) is 3. The molecule has 0 radical (unpaired) electrons. The molecule has 1 N–H and O–H groups in total. The minimum absolute atomic E-state index is 0.0345. The number of hydrogen-bond acceptors (Lipinski definition) is 6. The van der Waals surface area contributed by atoms with Crippen LogP contribution in [0.4, 0.5) is 4.39 Å². The van der Waals surface area contributed by atoms with Gasteiger partial charge in [0.1, 0.15) is 18.6 Å². The Labute approximate surface area is 169 Å². The second-order valence-corrected chi connectivity index (χ2v) is 6.23. The summed E-state index contributed by atoms with van der Waals surface area (Å²) < 4.78 is 26.1. The van der Waals surface area contributed by atoms with Crippen molar-refractivity contribution in [1.82, 2.24) is 14.9 Å². The van der Waals surface area contributed by atoms with Gasteiger partial charge in [-0.1, -0.05) is 23.7 Å². The van der Waals surface area contributed by atoms with E-state index in [0.29, 0.717) is 17.1 Å². The molecule has 0 aliphatic carbocycles. The smallest absolute Gasteiger partial charge is 0.293 e. The molecule has 0 aliphatic heterocycles. The van der Waals surface area contributed by atoms with Gasteiger partial charge in [0, 0.05) is 11.1 Å². The van der Waals surface area contributed by atoms with Crippen LogP contribution in [-0.2, 0) is 6.61 Å². The number of H-pyrrole nitrogens is 1. The van der Waals surface area contributed by atoms with Crippen molar-refractivity contribution in [2.75, 3.05) is 7.11 Å². The summed E-state index contributed by atoms with van der Waals surface area (Å²) in [5.41, 5.74) is 0.208. The molecule has 2 aromatic carbocycles. The van der Waals surface area contributed by atoms with Crippen LogP contribution in [0.5, 0.6) is 11.5 Å². The van der Waals surface area contributed by atoms with Crippen molar-refractivity contribution in [3.63, 3.8) is 0 Å². The summed E-state index contributed by atoms with van der Waals surface area (Å²) in [6, 6.07) is 9.49. The average Bonchev–Trinajstić information content (AvgIpc) is 2.67. The minimum Gasteiger partial charge on any atom is -0.493 e. The molecular weight excluding hydrogens is 407 g/mol. The van der Waals surface area contributed by atoms with Gasteiger partial charge in [-0.3, -0.25) is 9.89 Å². The fraction of sp³-hybridized carbons (Fsp3) is 0.111. The molecule has 1 aromatic heterocycles. The van der Waals surface area contributed by atoms with Crippen molar-refractivity contribution in [2.45, 2.75) is 6.61 Å². The van der Waals surface area contributed by atoms with E-state index in [-0.39, 0.29) is 22.0 Å². The van der Waals surface area contributed by atoms with Gasteiger partial charge in [-0.2, -0.15) is 14.9 Å². The van der Waals surface area contributed by atoms with Gasteiger partial charge in [-0.05, 0) is 36.5 Å². The highest BCUT2D eigenvalue weighted by Gasteiger charge is 2.13. The summed E-state index contributed by atoms with van der Waals surface area (Å²) in [6.45, 7) is -0.123. The Hall–Kier alpha value is -3.04. The lowest BCUT2D eigenvalue weighted by Gasteiger charge is -2.14. The number of para-hydroxylation sites is 1. The normalized spacial score (nSPS) is 11.0. The summed E-state index contributed by atoms with van der Waals surface area (Å²) in [5, 5.41) is 10.4. The number of hydrogen-bond donors (Lipinski definition) is 1. The molecule has 28 heavy (non-hydrogen) atoms. The van der Waals surface area contributed by atoms with Crippen LogP contribution in [0.15, 0.2) is 52.5 Å². The van der Waals surface area contributed by atoms with Crippen molar-refractivity contribution in [3.8, 4) is 11.5 Å². The second-order valence-electron chi connectivity index (χ2n) is 5.44. The standard InChI is InChI=1S/C18H14ClFN4O3S/c1-26-15-7-2-4-11(8-22-24-16(25)9-21-23-18(24)28)17(15)27-10-12-13(19)5-3-6-14(12)20/h2-9H,10H2,1H3,(H,23,28)/b22-8+. The van der Waals surface area contributed by atoms with Crippen molar-refractivity contribution in [1.29, 1.82) is 0 Å². The highest BCUT2D eigenvalue weighted by molar-refractivity contribution is 7.71. The monoisotopic (exact) mass is 420 g/mol. The molecule has 10 heteroatoms. The summed E-state index contributed by atoms with van der Waals surface area (Å²) in [7, 11) is 1.48. The van der Waals surface area contributed by atoms with Crippen LogP contribution in [0, 0.1) is 10.6 Å². The van der Waals surface area contributed by atoms with E-state index in [1.54, 1.807) is 24.3 Å². The van der Waals surface area contributed by atoms with E-state index >= 15 is 0 Å². The van der Waals surface area contributed by atoms with Crippen molar-refractivity contribution < 1.29 is 13.9 Å². The van der Waals surface area contributed by atoms with Crippen LogP contribution < -0.4 is 15.0 Å². The Morgan fingerprint density at radius 1 is 1.36 bits per heavy atom. The molecule has 0 atom stereocenters. The molecule has 0 aliphatic rings. The summed E-state index contributed by atoms with van der Waals surface area (Å²) in [6.07, 6.45) is 2.43. The largest absolute Gasteiger partial charge is 0.493 e. The van der Waals surface area contributed by atoms with E-state index < -0.39 is 11.4 Å². The van der Waals surface area contributed by atoms with E-state index in [1.165, 1.54) is 25.5 Å². The maximum atomic E-state index is 14.0. The summed E-state index contributed by atoms with van der Waals surface area (Å²) >= 11 is 11.0. The Morgan fingerprint density at radius 2 is 2.14 bits per heavy atom. The van der Waals surface area contributed by atoms with Gasteiger partial charge >= 0.3 is 0 Å². The number of nitrogens with one attached hydrogen (secondary N) is 1. The molecule has 1 heterocycles. The van der Waals surface area contributed by atoms with Gasteiger partial charge in [0.05, 0.1) is 18.3 Å². The van der Waals surface area contributed by atoms with E-state index in [1.807, 2.05) is 0 Å². The van der Waals surface area contributed by atoms with Gasteiger partial charge in [0.2, 0.25) is 4.77 Å². The zero-order valence-corrected chi connectivity index (χ0v) is 16.1. The van der Waals surface area contributed by atoms with Gasteiger partial charge in [0.15, 0.2) is 11.5 Å². The maximum Gasteiger partial charge on any atom is 0.293 e. The predicted octanol–water partition coefficient (Wildman–Crippen LogP) is 3.56. The zero-order chi connectivity index (χ0) is 20.1. The molecule has 0 saturated heterocycles. The fourth-order valence-corrected chi connectivity index (χ4v) is 2.75. The van der Waals surface area contributed by atoms with Crippen LogP contribution in [0.3, 0.4) is 0 Å². The first-order chi connectivity index (χ1) is 13.5. The SMILES string of the molecule is COc1cccc(/C=N/n2c(=O)cn[nH]c2=S)c1OCc1c(F)cccc1Cl. The number of benzene rings is 2. The van der Waals surface area contributed by atoms with Gasteiger partial charge in [0.25, 0.3) is 5.56 Å². The lowest BCUT2D eigenvalue weighted by molar-refractivity contribution is 0.279. The van der Waals surface area contributed by atoms with E-state index in [9.17, 15) is 9.18 Å². The fourth-order valence-electron chi connectivity index (χ4n) is 2.34. The highest BCUT2D eigenvalue weighted by atomic mass is 35.5. The van der Waals surface area contributed by atoms with Crippen molar-refractivity contribution >= 4 is 30.0 Å². The molecule has 144 valence electrons. The topological polar surface area (TPSA) is 81.5 Å². The zero-order valence-electron chi connectivity index (χ0n) is 14.6. The minimum atomic E-state index is -0.497. The van der Waals surface area contributed by atoms with E-state index in [0.717, 1.165) is 10.9 Å². The van der Waals surface area contributed by atoms with Crippen LogP contribution >= 0.6 is 23.8 Å². The molecule has 0 saturated carbocycles. The van der Waals surface area contributed by atoms with Crippen molar-refractivity contribution in [2.24, 2.45) is 5.10 Å². The number of ether oxygens (including phenoxy) is 2. The van der Waals surface area contributed by atoms with Gasteiger partial charge in [-0.15, -0.1) is 0 Å². The number of aromatic amines is 1. The number of rotatable bonds is 6. The van der Waals surface area contributed by atoms with Crippen LogP contribution in [0.1, 0.15) is 11.1 Å². The number of halogens is 2. The molecule has 0 fully saturated rings. The Morgan fingerprint density at radius 3 is 2.86 bits per heavy atom. The molecule has 3 aromatic rings. The Balaban J connectivity index is 1.96. The third-order valence-corrected chi connectivity index (χ3v) is 4.32. The van der Waals surface area contributed by atoms with E-state index in [4.69, 9.17) is 33.3 Å². The third-order valence-electron chi connectivity index (χ3n) is 3.70. The lowest BCUT2D eigenvalue weighted by Crippen LogP contribution is -2.18. The Kier molecular flexibility index (Phi) is 6.17. The summed E-state index contributed by atoms with van der Waals surface area (Å²) in [4.78, 5) is 11.8. The van der Waals surface area contributed by atoms with Gasteiger partial charge in [-0.25, -0.2) is 4.39 Å². The molecule has 0 bridgehead atoms. The number of aromatic nitrogens is 3. The first-order valence-electron chi connectivity index (χ1n) is 7.95. The maximum absolute atomic E-state index is 14.0. The first kappa shape index (κ1) is 19.7. The van der Waals surface area contributed by atoms with E-state index in [2.05, 4.69) is 15.3 Å². The highest BCUT2D eigenvalue weighted by Crippen LogP contribution is 2.32. The van der Waals surface area contributed by atoms with Crippen LogP contribution in [0.25, 0.3) is 0 Å². The van der Waals surface area contributed by atoms with Crippen LogP contribution in [0.2, 0.25) is 5.02 Å². The predicted molar refractivity (Wildman–Crippen MR) is 105 cm³/mol.